The average molecular weight is 425 g/mol. The van der Waals surface area contributed by atoms with Crippen LogP contribution >= 0.6 is 11.8 Å². The van der Waals surface area contributed by atoms with Crippen molar-refractivity contribution >= 4 is 28.4 Å². The van der Waals surface area contributed by atoms with E-state index in [1.807, 2.05) is 36.1 Å². The molecule has 0 N–H and O–H groups in total. The Morgan fingerprint density at radius 1 is 1.03 bits per heavy atom. The van der Waals surface area contributed by atoms with Gasteiger partial charge in [-0.2, -0.15) is 0 Å². The molecule has 0 radical (unpaired) electrons. The van der Waals surface area contributed by atoms with Crippen molar-refractivity contribution in [3.05, 3.63) is 54.3 Å². The Bertz CT molecular complexity index is 1040. The molecule has 2 heterocycles. The Hall–Kier alpha value is -2.51. The predicted molar refractivity (Wildman–Crippen MR) is 119 cm³/mol. The standard InChI is InChI=1S/C23H25FN4OS/c1-3-27-12-14-28(15-13-27)23(29)16(2)30-22-20-7-5-4-6-19(20)21(25-26-22)17-8-10-18(24)11-9-17/h4-11,16H,3,12-15H2,1-2H3/t16-/m1/s1. The van der Waals surface area contributed by atoms with Gasteiger partial charge < -0.3 is 9.80 Å². The normalized spacial score (nSPS) is 16.0. The molecule has 0 saturated carbocycles. The van der Waals surface area contributed by atoms with E-state index >= 15 is 0 Å². The molecule has 1 aliphatic rings. The molecule has 0 bridgehead atoms. The number of hydrogen-bond acceptors (Lipinski definition) is 5. The zero-order valence-corrected chi connectivity index (χ0v) is 18.0. The van der Waals surface area contributed by atoms with Crippen LogP contribution in [0.2, 0.25) is 0 Å². The zero-order chi connectivity index (χ0) is 21.1. The molecule has 1 amide bonds. The molecular weight excluding hydrogens is 399 g/mol. The molecule has 2 aromatic carbocycles. The lowest BCUT2D eigenvalue weighted by atomic mass is 10.1. The molecular formula is C23H25FN4OS. The van der Waals surface area contributed by atoms with Gasteiger partial charge in [-0.25, -0.2) is 4.39 Å². The van der Waals surface area contributed by atoms with Crippen LogP contribution in [0.15, 0.2) is 53.6 Å². The summed E-state index contributed by atoms with van der Waals surface area (Å²) >= 11 is 1.45. The van der Waals surface area contributed by atoms with Gasteiger partial charge in [0.05, 0.1) is 5.25 Å². The Morgan fingerprint density at radius 3 is 2.37 bits per heavy atom. The fourth-order valence-electron chi connectivity index (χ4n) is 3.75. The van der Waals surface area contributed by atoms with Gasteiger partial charge in [-0.05, 0) is 37.7 Å². The van der Waals surface area contributed by atoms with E-state index in [4.69, 9.17) is 0 Å². The lowest BCUT2D eigenvalue weighted by Crippen LogP contribution is -2.50. The topological polar surface area (TPSA) is 49.3 Å². The van der Waals surface area contributed by atoms with Crippen LogP contribution in [0.4, 0.5) is 4.39 Å². The van der Waals surface area contributed by atoms with Crippen molar-refractivity contribution in [3.8, 4) is 11.3 Å². The quantitative estimate of drug-likeness (QED) is 0.578. The lowest BCUT2D eigenvalue weighted by molar-refractivity contribution is -0.132. The first-order valence-electron chi connectivity index (χ1n) is 10.3. The van der Waals surface area contributed by atoms with E-state index < -0.39 is 0 Å². The summed E-state index contributed by atoms with van der Waals surface area (Å²) < 4.78 is 13.3. The first-order chi connectivity index (χ1) is 14.6. The van der Waals surface area contributed by atoms with Gasteiger partial charge in [-0.15, -0.1) is 10.2 Å². The van der Waals surface area contributed by atoms with Gasteiger partial charge in [0.25, 0.3) is 0 Å². The van der Waals surface area contributed by atoms with Crippen LogP contribution in [0.1, 0.15) is 13.8 Å². The largest absolute Gasteiger partial charge is 0.339 e. The molecule has 0 spiro atoms. The van der Waals surface area contributed by atoms with Gasteiger partial charge >= 0.3 is 0 Å². The average Bonchev–Trinajstić information content (AvgIpc) is 2.79. The number of piperazine rings is 1. The van der Waals surface area contributed by atoms with E-state index in [2.05, 4.69) is 22.0 Å². The monoisotopic (exact) mass is 424 g/mol. The molecule has 1 atom stereocenters. The van der Waals surface area contributed by atoms with Crippen molar-refractivity contribution in [2.75, 3.05) is 32.7 Å². The molecule has 3 aromatic rings. The number of carbonyl (C=O) groups is 1. The number of carbonyl (C=O) groups excluding carboxylic acids is 1. The summed E-state index contributed by atoms with van der Waals surface area (Å²) in [6, 6.07) is 14.2. The predicted octanol–water partition coefficient (Wildman–Crippen LogP) is 4.08. The van der Waals surface area contributed by atoms with Crippen LogP contribution < -0.4 is 0 Å². The van der Waals surface area contributed by atoms with Crippen molar-refractivity contribution in [1.29, 1.82) is 0 Å². The maximum absolute atomic E-state index is 13.3. The van der Waals surface area contributed by atoms with Crippen molar-refractivity contribution in [2.24, 2.45) is 0 Å². The van der Waals surface area contributed by atoms with Gasteiger partial charge in [-0.1, -0.05) is 43.0 Å². The molecule has 7 heteroatoms. The molecule has 0 unspecified atom stereocenters. The molecule has 4 rings (SSSR count). The van der Waals surface area contributed by atoms with E-state index in [-0.39, 0.29) is 17.0 Å². The van der Waals surface area contributed by atoms with Crippen molar-refractivity contribution in [1.82, 2.24) is 20.0 Å². The fraction of sp³-hybridized carbons (Fsp3) is 0.348. The second-order valence-electron chi connectivity index (χ2n) is 7.43. The van der Waals surface area contributed by atoms with Crippen LogP contribution in [0.3, 0.4) is 0 Å². The zero-order valence-electron chi connectivity index (χ0n) is 17.2. The van der Waals surface area contributed by atoms with Gasteiger partial charge in [0, 0.05) is 42.5 Å². The van der Waals surface area contributed by atoms with Crippen molar-refractivity contribution in [3.63, 3.8) is 0 Å². The van der Waals surface area contributed by atoms with Crippen molar-refractivity contribution in [2.45, 2.75) is 24.1 Å². The van der Waals surface area contributed by atoms with E-state index in [9.17, 15) is 9.18 Å². The third-order valence-electron chi connectivity index (χ3n) is 5.54. The Labute approximate surface area is 180 Å². The summed E-state index contributed by atoms with van der Waals surface area (Å²) in [4.78, 5) is 17.3. The van der Waals surface area contributed by atoms with Gasteiger partial charge in [0.1, 0.15) is 16.5 Å². The van der Waals surface area contributed by atoms with Crippen LogP contribution in [-0.4, -0.2) is 63.9 Å². The highest BCUT2D eigenvalue weighted by molar-refractivity contribution is 8.00. The maximum atomic E-state index is 13.3. The molecule has 5 nitrogen and oxygen atoms in total. The molecule has 1 saturated heterocycles. The summed E-state index contributed by atoms with van der Waals surface area (Å²) in [5, 5.41) is 11.3. The number of likely N-dealkylation sites (N-methyl/N-ethyl adjacent to an activating group) is 1. The second kappa shape index (κ2) is 9.10. The molecule has 1 aromatic heterocycles. The first-order valence-corrected chi connectivity index (χ1v) is 11.1. The highest BCUT2D eigenvalue weighted by Gasteiger charge is 2.26. The fourth-order valence-corrected chi connectivity index (χ4v) is 4.72. The number of rotatable bonds is 5. The highest BCUT2D eigenvalue weighted by Crippen LogP contribution is 2.33. The van der Waals surface area contributed by atoms with Crippen LogP contribution in [-0.2, 0) is 4.79 Å². The SMILES string of the molecule is CCN1CCN(C(=O)[C@@H](C)Sc2nnc(-c3ccc(F)cc3)c3ccccc23)CC1. The minimum absolute atomic E-state index is 0.143. The molecule has 1 aliphatic heterocycles. The van der Waals surface area contributed by atoms with E-state index in [1.54, 1.807) is 12.1 Å². The third-order valence-corrected chi connectivity index (χ3v) is 6.62. The number of fused-ring (bicyclic) bond motifs is 1. The summed E-state index contributed by atoms with van der Waals surface area (Å²) in [5.74, 6) is -0.139. The minimum Gasteiger partial charge on any atom is -0.339 e. The summed E-state index contributed by atoms with van der Waals surface area (Å²) in [7, 11) is 0. The number of nitrogens with zero attached hydrogens (tertiary/aromatic N) is 4. The number of benzene rings is 2. The number of thioether (sulfide) groups is 1. The number of halogens is 1. The molecule has 0 aliphatic carbocycles. The minimum atomic E-state index is -0.282. The summed E-state index contributed by atoms with van der Waals surface area (Å²) in [5.41, 5.74) is 1.53. The molecule has 156 valence electrons. The Morgan fingerprint density at radius 2 is 1.70 bits per heavy atom. The summed E-state index contributed by atoms with van der Waals surface area (Å²) in [6.07, 6.45) is 0. The van der Waals surface area contributed by atoms with E-state index in [0.29, 0.717) is 5.69 Å². The van der Waals surface area contributed by atoms with Gasteiger partial charge in [-0.3, -0.25) is 4.79 Å². The lowest BCUT2D eigenvalue weighted by Gasteiger charge is -2.35. The molecule has 1 fully saturated rings. The molecule has 30 heavy (non-hydrogen) atoms. The van der Waals surface area contributed by atoms with E-state index in [0.717, 1.165) is 54.1 Å². The van der Waals surface area contributed by atoms with Crippen LogP contribution in [0.25, 0.3) is 22.0 Å². The van der Waals surface area contributed by atoms with Crippen LogP contribution in [0, 0.1) is 5.82 Å². The smallest absolute Gasteiger partial charge is 0.235 e. The Balaban J connectivity index is 1.57. The van der Waals surface area contributed by atoms with E-state index in [1.165, 1.54) is 23.9 Å². The van der Waals surface area contributed by atoms with Crippen molar-refractivity contribution < 1.29 is 9.18 Å². The number of hydrogen-bond donors (Lipinski definition) is 0. The number of amides is 1. The maximum Gasteiger partial charge on any atom is 0.235 e. The van der Waals surface area contributed by atoms with Crippen LogP contribution in [0.5, 0.6) is 0 Å². The third kappa shape index (κ3) is 4.32. The van der Waals surface area contributed by atoms with Gasteiger partial charge in [0.15, 0.2) is 0 Å². The highest BCUT2D eigenvalue weighted by atomic mass is 32.2. The first kappa shape index (κ1) is 20.8. The Kier molecular flexibility index (Phi) is 6.29. The van der Waals surface area contributed by atoms with Gasteiger partial charge in [0.2, 0.25) is 5.91 Å². The number of aromatic nitrogens is 2. The summed E-state index contributed by atoms with van der Waals surface area (Å²) in [6.45, 7) is 8.50. The second-order valence-corrected chi connectivity index (χ2v) is 8.76.